The van der Waals surface area contributed by atoms with Crippen LogP contribution in [0.15, 0.2) is 24.3 Å². The van der Waals surface area contributed by atoms with Crippen LogP contribution >= 0.6 is 0 Å². The van der Waals surface area contributed by atoms with Crippen LogP contribution in [0.3, 0.4) is 0 Å². The molecule has 0 aliphatic carbocycles. The van der Waals surface area contributed by atoms with E-state index in [0.717, 1.165) is 5.75 Å². The van der Waals surface area contributed by atoms with Crippen LogP contribution in [-0.2, 0) is 0 Å². The average molecular weight is 196 g/mol. The Bertz CT molecular complexity index is 271. The normalized spacial score (nSPS) is 10.3. The fourth-order valence-electron chi connectivity index (χ4n) is 1.08. The molecule has 0 heterocycles. The maximum atomic E-state index is 8.63. The molecule has 3 heteroatoms. The number of ether oxygens (including phenoxy) is 2. The highest BCUT2D eigenvalue weighted by Crippen LogP contribution is 2.27. The highest BCUT2D eigenvalue weighted by Gasteiger charge is 2.04. The van der Waals surface area contributed by atoms with Crippen LogP contribution in [0.2, 0.25) is 0 Å². The van der Waals surface area contributed by atoms with Crippen molar-refractivity contribution in [2.75, 3.05) is 13.2 Å². The molecule has 1 aromatic carbocycles. The van der Waals surface area contributed by atoms with Crippen LogP contribution < -0.4 is 9.47 Å². The van der Waals surface area contributed by atoms with E-state index in [0.29, 0.717) is 12.4 Å². The topological polar surface area (TPSA) is 38.7 Å². The molecule has 0 aromatic heterocycles. The fraction of sp³-hybridized carbons (Fsp3) is 0.455. The van der Waals surface area contributed by atoms with Crippen LogP contribution in [0.5, 0.6) is 11.5 Å². The maximum absolute atomic E-state index is 8.63. The summed E-state index contributed by atoms with van der Waals surface area (Å²) >= 11 is 0. The van der Waals surface area contributed by atoms with Crippen molar-refractivity contribution in [3.63, 3.8) is 0 Å². The average Bonchev–Trinajstić information content (AvgIpc) is 2.16. The minimum absolute atomic E-state index is 0.00993. The highest BCUT2D eigenvalue weighted by atomic mass is 16.5. The van der Waals surface area contributed by atoms with Gasteiger partial charge in [0, 0.05) is 0 Å². The van der Waals surface area contributed by atoms with Gasteiger partial charge in [0.15, 0.2) is 11.5 Å². The summed E-state index contributed by atoms with van der Waals surface area (Å²) in [7, 11) is 0. The zero-order valence-electron chi connectivity index (χ0n) is 8.56. The van der Waals surface area contributed by atoms with E-state index < -0.39 is 0 Å². The molecule has 0 spiro atoms. The molecule has 1 N–H and O–H groups in total. The summed E-state index contributed by atoms with van der Waals surface area (Å²) in [5, 5.41) is 8.63. The highest BCUT2D eigenvalue weighted by molar-refractivity contribution is 5.39. The third-order valence-corrected chi connectivity index (χ3v) is 1.56. The molecule has 0 radical (unpaired) electrons. The standard InChI is InChI=1S/C11H16O3/c1-9(2)14-11-6-4-3-5-10(11)13-8-7-12/h3-6,9,12H,7-8H2,1-2H3. The van der Waals surface area contributed by atoms with E-state index in [1.807, 2.05) is 38.1 Å². The Morgan fingerprint density at radius 1 is 1.21 bits per heavy atom. The van der Waals surface area contributed by atoms with E-state index in [1.165, 1.54) is 0 Å². The molecular formula is C11H16O3. The van der Waals surface area contributed by atoms with Gasteiger partial charge in [-0.2, -0.15) is 0 Å². The lowest BCUT2D eigenvalue weighted by atomic mass is 10.3. The van der Waals surface area contributed by atoms with Gasteiger partial charge in [-0.05, 0) is 26.0 Å². The van der Waals surface area contributed by atoms with Gasteiger partial charge in [0.2, 0.25) is 0 Å². The molecule has 0 bridgehead atoms. The molecule has 0 fully saturated rings. The van der Waals surface area contributed by atoms with Crippen molar-refractivity contribution in [2.45, 2.75) is 20.0 Å². The summed E-state index contributed by atoms with van der Waals surface area (Å²) in [4.78, 5) is 0. The minimum atomic E-state index is 0.00993. The first-order valence-corrected chi connectivity index (χ1v) is 4.73. The Hall–Kier alpha value is -1.22. The lowest BCUT2D eigenvalue weighted by molar-refractivity contribution is 0.184. The third kappa shape index (κ3) is 3.26. The van der Waals surface area contributed by atoms with Crippen molar-refractivity contribution < 1.29 is 14.6 Å². The molecule has 0 saturated heterocycles. The van der Waals surface area contributed by atoms with Crippen molar-refractivity contribution in [1.82, 2.24) is 0 Å². The summed E-state index contributed by atoms with van der Waals surface area (Å²) in [5.41, 5.74) is 0. The lowest BCUT2D eigenvalue weighted by Crippen LogP contribution is -2.08. The van der Waals surface area contributed by atoms with Gasteiger partial charge in [-0.15, -0.1) is 0 Å². The number of benzene rings is 1. The molecule has 0 aliphatic rings. The molecule has 0 atom stereocenters. The Morgan fingerprint density at radius 3 is 2.43 bits per heavy atom. The van der Waals surface area contributed by atoms with Gasteiger partial charge in [-0.1, -0.05) is 12.1 Å². The van der Waals surface area contributed by atoms with Crippen molar-refractivity contribution >= 4 is 0 Å². The van der Waals surface area contributed by atoms with Crippen LogP contribution in [0.4, 0.5) is 0 Å². The SMILES string of the molecule is CC(C)Oc1ccccc1OCCO. The van der Waals surface area contributed by atoms with E-state index in [1.54, 1.807) is 0 Å². The molecule has 0 amide bonds. The first kappa shape index (κ1) is 10.9. The Balaban J connectivity index is 2.69. The van der Waals surface area contributed by atoms with Crippen molar-refractivity contribution in [2.24, 2.45) is 0 Å². The van der Waals surface area contributed by atoms with Gasteiger partial charge >= 0.3 is 0 Å². The molecule has 1 rings (SSSR count). The first-order chi connectivity index (χ1) is 6.74. The van der Waals surface area contributed by atoms with Crippen molar-refractivity contribution in [3.05, 3.63) is 24.3 Å². The Morgan fingerprint density at radius 2 is 1.86 bits per heavy atom. The summed E-state index contributed by atoms with van der Waals surface area (Å²) in [6.45, 7) is 4.22. The number of aliphatic hydroxyl groups is 1. The van der Waals surface area contributed by atoms with Crippen LogP contribution in [-0.4, -0.2) is 24.4 Å². The molecule has 14 heavy (non-hydrogen) atoms. The maximum Gasteiger partial charge on any atom is 0.161 e. The number of hydrogen-bond acceptors (Lipinski definition) is 3. The lowest BCUT2D eigenvalue weighted by Gasteiger charge is -2.14. The zero-order chi connectivity index (χ0) is 10.4. The third-order valence-electron chi connectivity index (χ3n) is 1.56. The van der Waals surface area contributed by atoms with Crippen LogP contribution in [0.25, 0.3) is 0 Å². The molecule has 78 valence electrons. The van der Waals surface area contributed by atoms with Gasteiger partial charge < -0.3 is 14.6 Å². The molecule has 0 saturated carbocycles. The molecular weight excluding hydrogens is 180 g/mol. The molecule has 0 aliphatic heterocycles. The fourth-order valence-corrected chi connectivity index (χ4v) is 1.08. The van der Waals surface area contributed by atoms with E-state index in [9.17, 15) is 0 Å². The number of aliphatic hydroxyl groups excluding tert-OH is 1. The Labute approximate surface area is 84.3 Å². The van der Waals surface area contributed by atoms with Gasteiger partial charge in [0.05, 0.1) is 12.7 Å². The van der Waals surface area contributed by atoms with Gasteiger partial charge in [0.25, 0.3) is 0 Å². The second-order valence-electron chi connectivity index (χ2n) is 3.19. The summed E-state index contributed by atoms with van der Waals surface area (Å²) in [6.07, 6.45) is 0.119. The Kier molecular flexibility index (Phi) is 4.26. The van der Waals surface area contributed by atoms with Gasteiger partial charge in [-0.25, -0.2) is 0 Å². The van der Waals surface area contributed by atoms with Gasteiger partial charge in [-0.3, -0.25) is 0 Å². The van der Waals surface area contributed by atoms with Gasteiger partial charge in [0.1, 0.15) is 6.61 Å². The zero-order valence-corrected chi connectivity index (χ0v) is 8.56. The largest absolute Gasteiger partial charge is 0.487 e. The predicted molar refractivity (Wildman–Crippen MR) is 54.8 cm³/mol. The summed E-state index contributed by atoms with van der Waals surface area (Å²) < 4.78 is 10.8. The minimum Gasteiger partial charge on any atom is -0.487 e. The molecule has 0 unspecified atom stereocenters. The van der Waals surface area contributed by atoms with Crippen LogP contribution in [0, 0.1) is 0 Å². The van der Waals surface area contributed by atoms with Crippen molar-refractivity contribution in [1.29, 1.82) is 0 Å². The quantitative estimate of drug-likeness (QED) is 0.781. The van der Waals surface area contributed by atoms with E-state index >= 15 is 0 Å². The van der Waals surface area contributed by atoms with Crippen LogP contribution in [0.1, 0.15) is 13.8 Å². The van der Waals surface area contributed by atoms with E-state index in [4.69, 9.17) is 14.6 Å². The summed E-state index contributed by atoms with van der Waals surface area (Å²) in [6, 6.07) is 7.45. The summed E-state index contributed by atoms with van der Waals surface area (Å²) in [5.74, 6) is 1.39. The van der Waals surface area contributed by atoms with E-state index in [-0.39, 0.29) is 12.7 Å². The van der Waals surface area contributed by atoms with E-state index in [2.05, 4.69) is 0 Å². The number of para-hydroxylation sites is 2. The smallest absolute Gasteiger partial charge is 0.161 e. The second-order valence-corrected chi connectivity index (χ2v) is 3.19. The molecule has 1 aromatic rings. The monoisotopic (exact) mass is 196 g/mol. The predicted octanol–water partition coefficient (Wildman–Crippen LogP) is 1.84. The first-order valence-electron chi connectivity index (χ1n) is 4.73. The number of hydrogen-bond donors (Lipinski definition) is 1. The number of rotatable bonds is 5. The molecule has 3 nitrogen and oxygen atoms in total. The second kappa shape index (κ2) is 5.50. The van der Waals surface area contributed by atoms with Crippen molar-refractivity contribution in [3.8, 4) is 11.5 Å².